The molecular formula is C30H31BrF3N9O. The fraction of sp³-hybridized carbons (Fsp3) is 0.300. The van der Waals surface area contributed by atoms with Crippen molar-refractivity contribution in [2.24, 2.45) is 10.7 Å². The maximum absolute atomic E-state index is 13.6. The number of hydrogen-bond acceptors (Lipinski definition) is 6. The number of H-pyrrole nitrogens is 1. The van der Waals surface area contributed by atoms with Gasteiger partial charge in [-0.15, -0.1) is 5.10 Å². The van der Waals surface area contributed by atoms with Crippen molar-refractivity contribution in [2.75, 3.05) is 22.2 Å². The van der Waals surface area contributed by atoms with E-state index in [-0.39, 0.29) is 35.3 Å². The zero-order valence-corrected chi connectivity index (χ0v) is 25.2. The van der Waals surface area contributed by atoms with Gasteiger partial charge in [-0.1, -0.05) is 64.6 Å². The number of hydrogen-bond donors (Lipinski definition) is 4. The third kappa shape index (κ3) is 7.99. The van der Waals surface area contributed by atoms with Crippen LogP contribution in [-0.2, 0) is 12.7 Å². The minimum absolute atomic E-state index is 0.0527. The standard InChI is InChI=1S/C30H31BrF3N9O/c31-24-14-23(30(32,33)34)15-25(16-24)37-29(36-18-35)43(26-12-10-21(11-13-26)20-4-2-1-3-5-20)17-19-6-8-22(9-7-19)27(44)38-28-39-41-42-40-28/h6-16,20H,1-5,17-18,35H2,(H,36,37)(H2,38,39,40,41,42,44). The molecule has 230 valence electrons. The maximum Gasteiger partial charge on any atom is 0.416 e. The largest absolute Gasteiger partial charge is 0.416 e. The second-order valence-electron chi connectivity index (χ2n) is 10.4. The lowest BCUT2D eigenvalue weighted by Gasteiger charge is -2.28. The highest BCUT2D eigenvalue weighted by molar-refractivity contribution is 9.10. The SMILES string of the molecule is NC/N=C(/Nc1cc(Br)cc(C(F)(F)F)c1)N(Cc1ccc(C(=O)Nc2nn[nH]n2)cc1)c1ccc(C2CCCCC2)cc1. The summed E-state index contributed by atoms with van der Waals surface area (Å²) >= 11 is 3.19. The fourth-order valence-corrected chi connectivity index (χ4v) is 5.71. The van der Waals surface area contributed by atoms with E-state index < -0.39 is 17.6 Å². The number of tetrazole rings is 1. The number of rotatable bonds is 8. The number of anilines is 3. The van der Waals surface area contributed by atoms with Crippen LogP contribution in [0.25, 0.3) is 0 Å². The quantitative estimate of drug-likeness (QED) is 0.121. The van der Waals surface area contributed by atoms with Crippen LogP contribution in [0.1, 0.15) is 65.1 Å². The number of nitrogens with one attached hydrogen (secondary N) is 3. The van der Waals surface area contributed by atoms with Crippen molar-refractivity contribution < 1.29 is 18.0 Å². The lowest BCUT2D eigenvalue weighted by molar-refractivity contribution is -0.137. The number of amides is 1. The van der Waals surface area contributed by atoms with E-state index in [0.717, 1.165) is 36.2 Å². The van der Waals surface area contributed by atoms with E-state index in [1.54, 1.807) is 30.3 Å². The number of aromatic amines is 1. The zero-order valence-electron chi connectivity index (χ0n) is 23.6. The Morgan fingerprint density at radius 1 is 1.02 bits per heavy atom. The molecular weight excluding hydrogens is 639 g/mol. The van der Waals surface area contributed by atoms with Gasteiger partial charge in [0, 0.05) is 21.4 Å². The summed E-state index contributed by atoms with van der Waals surface area (Å²) in [4.78, 5) is 18.9. The molecule has 14 heteroatoms. The molecule has 0 atom stereocenters. The first kappa shape index (κ1) is 31.1. The number of carbonyl (C=O) groups is 1. The number of aliphatic imine (C=N–C) groups is 1. The molecule has 0 radical (unpaired) electrons. The number of nitrogens with zero attached hydrogens (tertiary/aromatic N) is 5. The minimum Gasteiger partial charge on any atom is -0.326 e. The van der Waals surface area contributed by atoms with Gasteiger partial charge in [0.25, 0.3) is 11.9 Å². The molecule has 1 saturated carbocycles. The van der Waals surface area contributed by atoms with Crippen LogP contribution in [-0.4, -0.2) is 39.2 Å². The Kier molecular flexibility index (Phi) is 9.90. The molecule has 1 fully saturated rings. The van der Waals surface area contributed by atoms with E-state index in [0.29, 0.717) is 11.5 Å². The normalized spacial score (nSPS) is 14.3. The van der Waals surface area contributed by atoms with Crippen molar-refractivity contribution in [3.63, 3.8) is 0 Å². The summed E-state index contributed by atoms with van der Waals surface area (Å²) in [5, 5.41) is 18.7. The average Bonchev–Trinajstić information content (AvgIpc) is 3.53. The van der Waals surface area contributed by atoms with Crippen molar-refractivity contribution in [3.05, 3.63) is 93.5 Å². The van der Waals surface area contributed by atoms with Crippen molar-refractivity contribution >= 4 is 45.1 Å². The predicted octanol–water partition coefficient (Wildman–Crippen LogP) is 6.67. The van der Waals surface area contributed by atoms with Gasteiger partial charge in [-0.25, -0.2) is 4.99 Å². The second kappa shape index (κ2) is 14.0. The lowest BCUT2D eigenvalue weighted by atomic mass is 9.84. The van der Waals surface area contributed by atoms with Crippen molar-refractivity contribution in [1.82, 2.24) is 20.6 Å². The van der Waals surface area contributed by atoms with Crippen LogP contribution in [0.5, 0.6) is 0 Å². The highest BCUT2D eigenvalue weighted by atomic mass is 79.9. The first-order chi connectivity index (χ1) is 21.2. The second-order valence-corrected chi connectivity index (χ2v) is 11.3. The molecule has 0 bridgehead atoms. The highest BCUT2D eigenvalue weighted by Gasteiger charge is 2.31. The molecule has 0 aliphatic heterocycles. The molecule has 44 heavy (non-hydrogen) atoms. The third-order valence-corrected chi connectivity index (χ3v) is 7.84. The summed E-state index contributed by atoms with van der Waals surface area (Å²) in [6, 6.07) is 18.7. The van der Waals surface area contributed by atoms with Crippen molar-refractivity contribution in [1.29, 1.82) is 0 Å². The first-order valence-electron chi connectivity index (χ1n) is 14.1. The van der Waals surface area contributed by atoms with Crippen LogP contribution < -0.4 is 21.3 Å². The first-order valence-corrected chi connectivity index (χ1v) is 14.9. The van der Waals surface area contributed by atoms with E-state index >= 15 is 0 Å². The molecule has 0 spiro atoms. The molecule has 1 aromatic heterocycles. The van der Waals surface area contributed by atoms with Crippen molar-refractivity contribution in [3.8, 4) is 0 Å². The molecule has 1 amide bonds. The van der Waals surface area contributed by atoms with E-state index in [9.17, 15) is 18.0 Å². The molecule has 0 saturated heterocycles. The summed E-state index contributed by atoms with van der Waals surface area (Å²) in [6.07, 6.45) is 1.47. The van der Waals surface area contributed by atoms with Crippen molar-refractivity contribution in [2.45, 2.75) is 50.7 Å². The Balaban J connectivity index is 1.44. The summed E-state index contributed by atoms with van der Waals surface area (Å²) < 4.78 is 41.0. The number of alkyl halides is 3. The Morgan fingerprint density at radius 3 is 2.39 bits per heavy atom. The highest BCUT2D eigenvalue weighted by Crippen LogP contribution is 2.35. The predicted molar refractivity (Wildman–Crippen MR) is 166 cm³/mol. The van der Waals surface area contributed by atoms with Crippen LogP contribution in [0.3, 0.4) is 0 Å². The lowest BCUT2D eigenvalue weighted by Crippen LogP contribution is -2.37. The van der Waals surface area contributed by atoms with Crippen LogP contribution in [0.15, 0.2) is 76.2 Å². The van der Waals surface area contributed by atoms with Crippen LogP contribution in [0.4, 0.5) is 30.5 Å². The molecule has 0 unspecified atom stereocenters. The monoisotopic (exact) mass is 669 g/mol. The molecule has 1 aliphatic rings. The van der Waals surface area contributed by atoms with Gasteiger partial charge in [0.2, 0.25) is 5.96 Å². The van der Waals surface area contributed by atoms with E-state index in [4.69, 9.17) is 5.73 Å². The molecule has 1 heterocycles. The third-order valence-electron chi connectivity index (χ3n) is 7.39. The number of halogens is 4. The number of aromatic nitrogens is 4. The summed E-state index contributed by atoms with van der Waals surface area (Å²) in [5.41, 5.74) is 8.46. The van der Waals surface area contributed by atoms with E-state index in [2.05, 4.69) is 64.3 Å². The van der Waals surface area contributed by atoms with Gasteiger partial charge in [-0.05, 0) is 77.6 Å². The number of carbonyl (C=O) groups excluding carboxylic acids is 1. The summed E-state index contributed by atoms with van der Waals surface area (Å²) in [5.74, 6) is 0.422. The maximum atomic E-state index is 13.6. The topological polar surface area (TPSA) is 137 Å². The van der Waals surface area contributed by atoms with Gasteiger partial charge in [0.15, 0.2) is 0 Å². The Morgan fingerprint density at radius 2 is 1.75 bits per heavy atom. The van der Waals surface area contributed by atoms with E-state index in [1.165, 1.54) is 24.8 Å². The smallest absolute Gasteiger partial charge is 0.326 e. The molecule has 5 rings (SSSR count). The number of benzene rings is 3. The molecule has 3 aromatic carbocycles. The molecule has 10 nitrogen and oxygen atoms in total. The fourth-order valence-electron chi connectivity index (χ4n) is 5.22. The molecule has 1 aliphatic carbocycles. The molecule has 4 aromatic rings. The Labute approximate surface area is 260 Å². The van der Waals surface area contributed by atoms with Gasteiger partial charge in [-0.2, -0.15) is 18.4 Å². The van der Waals surface area contributed by atoms with E-state index in [1.807, 2.05) is 17.0 Å². The number of guanidine groups is 1. The minimum atomic E-state index is -4.53. The average molecular weight is 671 g/mol. The van der Waals surface area contributed by atoms with Gasteiger partial charge in [0.05, 0.1) is 18.8 Å². The van der Waals surface area contributed by atoms with Gasteiger partial charge < -0.3 is 16.0 Å². The Hall–Kier alpha value is -4.30. The Bertz CT molecular complexity index is 1570. The van der Waals surface area contributed by atoms with Crippen LogP contribution >= 0.6 is 15.9 Å². The number of nitrogens with two attached hydrogens (primary N) is 1. The summed E-state index contributed by atoms with van der Waals surface area (Å²) in [7, 11) is 0. The van der Waals surface area contributed by atoms with Crippen LogP contribution in [0, 0.1) is 0 Å². The van der Waals surface area contributed by atoms with Crippen LogP contribution in [0.2, 0.25) is 0 Å². The van der Waals surface area contributed by atoms with Gasteiger partial charge >= 0.3 is 6.18 Å². The van der Waals surface area contributed by atoms with Gasteiger partial charge in [-0.3, -0.25) is 10.1 Å². The zero-order chi connectivity index (χ0) is 31.1. The summed E-state index contributed by atoms with van der Waals surface area (Å²) in [6.45, 7) is 0.176. The molecule has 5 N–H and O–H groups in total. The van der Waals surface area contributed by atoms with Gasteiger partial charge in [0.1, 0.15) is 0 Å².